The van der Waals surface area contributed by atoms with Crippen molar-refractivity contribution in [1.29, 1.82) is 0 Å². The molecule has 0 unspecified atom stereocenters. The largest absolute Gasteiger partial charge is 0.296 e. The molecule has 0 bridgehead atoms. The van der Waals surface area contributed by atoms with Crippen molar-refractivity contribution in [3.05, 3.63) is 41.2 Å². The molecule has 2 aromatic rings. The maximum Gasteiger partial charge on any atom is 0.172 e. The average Bonchev–Trinajstić information content (AvgIpc) is 2.82. The van der Waals surface area contributed by atoms with Crippen molar-refractivity contribution in [1.82, 2.24) is 15.0 Å². The van der Waals surface area contributed by atoms with Crippen molar-refractivity contribution < 1.29 is 4.79 Å². The number of nitrogens with zero attached hydrogens (tertiary/aromatic N) is 3. The second-order valence-corrected chi connectivity index (χ2v) is 4.56. The van der Waals surface area contributed by atoms with Gasteiger partial charge in [0.2, 0.25) is 0 Å². The minimum Gasteiger partial charge on any atom is -0.296 e. The number of rotatable bonds is 4. The molecule has 0 atom stereocenters. The SMILES string of the molecule is CCc1ccc(-n2nnc(C=O)c2C(C)C)cc1. The number of benzene rings is 1. The highest BCUT2D eigenvalue weighted by Gasteiger charge is 2.16. The van der Waals surface area contributed by atoms with E-state index < -0.39 is 0 Å². The van der Waals surface area contributed by atoms with Crippen LogP contribution in [0.15, 0.2) is 24.3 Å². The lowest BCUT2D eigenvalue weighted by atomic mass is 10.1. The Bertz CT molecular complexity index is 541. The Kier molecular flexibility index (Phi) is 3.55. The first-order valence-electron chi connectivity index (χ1n) is 6.17. The Morgan fingerprint density at radius 1 is 1.28 bits per heavy atom. The number of aromatic nitrogens is 3. The van der Waals surface area contributed by atoms with E-state index in [1.807, 2.05) is 26.0 Å². The monoisotopic (exact) mass is 243 g/mol. The summed E-state index contributed by atoms with van der Waals surface area (Å²) in [6, 6.07) is 8.16. The van der Waals surface area contributed by atoms with E-state index in [1.54, 1.807) is 4.68 Å². The summed E-state index contributed by atoms with van der Waals surface area (Å²) in [6.45, 7) is 6.18. The van der Waals surface area contributed by atoms with Gasteiger partial charge < -0.3 is 0 Å². The van der Waals surface area contributed by atoms with E-state index in [9.17, 15) is 4.79 Å². The van der Waals surface area contributed by atoms with Gasteiger partial charge in [-0.3, -0.25) is 4.79 Å². The molecule has 0 radical (unpaired) electrons. The average molecular weight is 243 g/mol. The van der Waals surface area contributed by atoms with Crippen molar-refractivity contribution in [2.24, 2.45) is 0 Å². The van der Waals surface area contributed by atoms with E-state index in [1.165, 1.54) is 5.56 Å². The van der Waals surface area contributed by atoms with E-state index in [2.05, 4.69) is 29.4 Å². The number of aldehydes is 1. The van der Waals surface area contributed by atoms with Crippen LogP contribution in [-0.2, 0) is 6.42 Å². The van der Waals surface area contributed by atoms with Crippen molar-refractivity contribution >= 4 is 6.29 Å². The zero-order valence-corrected chi connectivity index (χ0v) is 10.9. The Hall–Kier alpha value is -1.97. The minimum atomic E-state index is 0.200. The van der Waals surface area contributed by atoms with Crippen molar-refractivity contribution in [2.75, 3.05) is 0 Å². The molecular formula is C14H17N3O. The molecule has 18 heavy (non-hydrogen) atoms. The van der Waals surface area contributed by atoms with Gasteiger partial charge in [-0.25, -0.2) is 4.68 Å². The lowest BCUT2D eigenvalue weighted by molar-refractivity contribution is 0.111. The predicted octanol–water partition coefficient (Wildman–Crippen LogP) is 2.77. The van der Waals surface area contributed by atoms with Gasteiger partial charge in [-0.2, -0.15) is 0 Å². The maximum atomic E-state index is 11.0. The molecule has 0 aliphatic heterocycles. The number of carbonyl (C=O) groups is 1. The lowest BCUT2D eigenvalue weighted by Crippen LogP contribution is -2.05. The first kappa shape index (κ1) is 12.5. The summed E-state index contributed by atoms with van der Waals surface area (Å²) in [5.41, 5.74) is 3.50. The third-order valence-corrected chi connectivity index (χ3v) is 2.98. The molecule has 0 saturated heterocycles. The van der Waals surface area contributed by atoms with Gasteiger partial charge in [0.05, 0.1) is 11.4 Å². The van der Waals surface area contributed by atoms with E-state index in [-0.39, 0.29) is 5.92 Å². The minimum absolute atomic E-state index is 0.200. The van der Waals surface area contributed by atoms with Gasteiger partial charge in [0.15, 0.2) is 6.29 Å². The fourth-order valence-corrected chi connectivity index (χ4v) is 1.99. The van der Waals surface area contributed by atoms with Crippen LogP contribution in [0.1, 0.15) is 48.4 Å². The fraction of sp³-hybridized carbons (Fsp3) is 0.357. The second kappa shape index (κ2) is 5.12. The van der Waals surface area contributed by atoms with Crippen LogP contribution >= 0.6 is 0 Å². The Morgan fingerprint density at radius 2 is 1.94 bits per heavy atom. The second-order valence-electron chi connectivity index (χ2n) is 4.56. The summed E-state index contributed by atoms with van der Waals surface area (Å²) >= 11 is 0. The highest BCUT2D eigenvalue weighted by atomic mass is 16.1. The van der Waals surface area contributed by atoms with Crippen LogP contribution in [0.2, 0.25) is 0 Å². The van der Waals surface area contributed by atoms with Crippen LogP contribution in [0, 0.1) is 0 Å². The Balaban J connectivity index is 2.49. The zero-order valence-electron chi connectivity index (χ0n) is 10.9. The molecule has 0 saturated carbocycles. The Labute approximate surface area is 107 Å². The van der Waals surface area contributed by atoms with Gasteiger partial charge >= 0.3 is 0 Å². The molecule has 0 fully saturated rings. The van der Waals surface area contributed by atoms with E-state index in [0.29, 0.717) is 5.69 Å². The third kappa shape index (κ3) is 2.18. The van der Waals surface area contributed by atoms with Gasteiger partial charge in [-0.1, -0.05) is 38.1 Å². The van der Waals surface area contributed by atoms with Crippen molar-refractivity contribution in [2.45, 2.75) is 33.1 Å². The van der Waals surface area contributed by atoms with E-state index >= 15 is 0 Å². The van der Waals surface area contributed by atoms with Crippen molar-refractivity contribution in [3.63, 3.8) is 0 Å². The van der Waals surface area contributed by atoms with Gasteiger partial charge in [0, 0.05) is 0 Å². The quantitative estimate of drug-likeness (QED) is 0.776. The molecule has 0 aliphatic rings. The van der Waals surface area contributed by atoms with Gasteiger partial charge in [0.1, 0.15) is 5.69 Å². The third-order valence-electron chi connectivity index (χ3n) is 2.98. The summed E-state index contributed by atoms with van der Waals surface area (Å²) in [5.74, 6) is 0.200. The molecular weight excluding hydrogens is 226 g/mol. The molecule has 0 aliphatic carbocycles. The van der Waals surface area contributed by atoms with Crippen LogP contribution in [0.5, 0.6) is 0 Å². The molecule has 1 heterocycles. The number of carbonyl (C=O) groups excluding carboxylic acids is 1. The number of aryl methyl sites for hydroxylation is 1. The highest BCUT2D eigenvalue weighted by molar-refractivity contribution is 5.73. The van der Waals surface area contributed by atoms with E-state index in [0.717, 1.165) is 24.1 Å². The first-order valence-corrected chi connectivity index (χ1v) is 6.17. The Morgan fingerprint density at radius 3 is 2.44 bits per heavy atom. The molecule has 94 valence electrons. The van der Waals surface area contributed by atoms with Crippen LogP contribution in [-0.4, -0.2) is 21.3 Å². The molecule has 4 nitrogen and oxygen atoms in total. The van der Waals surface area contributed by atoms with Crippen molar-refractivity contribution in [3.8, 4) is 5.69 Å². The summed E-state index contributed by atoms with van der Waals surface area (Å²) in [7, 11) is 0. The normalized spacial score (nSPS) is 10.9. The molecule has 1 aromatic heterocycles. The molecule has 4 heteroatoms. The van der Waals surface area contributed by atoms with Crippen LogP contribution < -0.4 is 0 Å². The van der Waals surface area contributed by atoms with Gasteiger partial charge in [-0.15, -0.1) is 5.10 Å². The zero-order chi connectivity index (χ0) is 13.1. The summed E-state index contributed by atoms with van der Waals surface area (Å²) in [5, 5.41) is 7.99. The lowest BCUT2D eigenvalue weighted by Gasteiger charge is -2.09. The van der Waals surface area contributed by atoms with Crippen LogP contribution in [0.3, 0.4) is 0 Å². The number of hydrogen-bond donors (Lipinski definition) is 0. The highest BCUT2D eigenvalue weighted by Crippen LogP contribution is 2.20. The first-order chi connectivity index (χ1) is 8.67. The molecule has 1 aromatic carbocycles. The predicted molar refractivity (Wildman–Crippen MR) is 70.2 cm³/mol. The smallest absolute Gasteiger partial charge is 0.172 e. The molecule has 0 amide bonds. The summed E-state index contributed by atoms with van der Waals surface area (Å²) < 4.78 is 1.74. The fourth-order valence-electron chi connectivity index (χ4n) is 1.99. The standard InChI is InChI=1S/C14H17N3O/c1-4-11-5-7-12(8-6-11)17-14(10(2)3)13(9-18)15-16-17/h5-10H,4H2,1-3H3. The molecule has 0 N–H and O–H groups in total. The topological polar surface area (TPSA) is 47.8 Å². The van der Waals surface area contributed by atoms with Gasteiger partial charge in [-0.05, 0) is 30.0 Å². The van der Waals surface area contributed by atoms with Gasteiger partial charge in [0.25, 0.3) is 0 Å². The van der Waals surface area contributed by atoms with Crippen LogP contribution in [0.4, 0.5) is 0 Å². The summed E-state index contributed by atoms with van der Waals surface area (Å²) in [4.78, 5) is 11.0. The van der Waals surface area contributed by atoms with Crippen LogP contribution in [0.25, 0.3) is 5.69 Å². The number of hydrogen-bond acceptors (Lipinski definition) is 3. The van der Waals surface area contributed by atoms with E-state index in [4.69, 9.17) is 0 Å². The molecule has 0 spiro atoms. The molecule has 2 rings (SSSR count). The maximum absolute atomic E-state index is 11.0. The summed E-state index contributed by atoms with van der Waals surface area (Å²) in [6.07, 6.45) is 1.77.